The van der Waals surface area contributed by atoms with Gasteiger partial charge in [0.2, 0.25) is 5.91 Å². The smallest absolute Gasteiger partial charge is 0.268 e. The second-order valence-electron chi connectivity index (χ2n) is 6.94. The number of fused-ring (bicyclic) bond motifs is 1. The number of hydrogen-bond acceptors (Lipinski definition) is 4. The van der Waals surface area contributed by atoms with Crippen molar-refractivity contribution in [2.45, 2.75) is 25.9 Å². The zero-order valence-electron chi connectivity index (χ0n) is 15.4. The molecule has 1 N–H and O–H groups in total. The number of rotatable bonds is 4. The molecule has 0 radical (unpaired) electrons. The first kappa shape index (κ1) is 17.4. The fourth-order valence-electron chi connectivity index (χ4n) is 3.60. The second-order valence-corrected chi connectivity index (χ2v) is 6.94. The molecule has 6 heteroatoms. The van der Waals surface area contributed by atoms with Gasteiger partial charge in [0.25, 0.3) is 5.91 Å². The van der Waals surface area contributed by atoms with E-state index in [1.807, 2.05) is 36.4 Å². The van der Waals surface area contributed by atoms with Crippen molar-refractivity contribution in [3.63, 3.8) is 0 Å². The van der Waals surface area contributed by atoms with Crippen LogP contribution >= 0.6 is 0 Å². The van der Waals surface area contributed by atoms with Crippen molar-refractivity contribution >= 4 is 28.9 Å². The molecule has 2 aliphatic heterocycles. The van der Waals surface area contributed by atoms with Gasteiger partial charge in [0.15, 0.2) is 6.10 Å². The Labute approximate surface area is 158 Å². The Morgan fingerprint density at radius 3 is 2.56 bits per heavy atom. The van der Waals surface area contributed by atoms with Crippen molar-refractivity contribution < 1.29 is 14.3 Å². The summed E-state index contributed by atoms with van der Waals surface area (Å²) in [4.78, 5) is 28.8. The van der Waals surface area contributed by atoms with Crippen LogP contribution in [0.5, 0.6) is 5.75 Å². The third kappa shape index (κ3) is 3.60. The highest BCUT2D eigenvalue weighted by Crippen LogP contribution is 2.33. The third-order valence-electron chi connectivity index (χ3n) is 5.00. The first-order chi connectivity index (χ1) is 13.1. The molecular formula is C21H23N3O3. The number of carbonyl (C=O) groups is 2. The van der Waals surface area contributed by atoms with Crippen molar-refractivity contribution in [1.82, 2.24) is 0 Å². The second kappa shape index (κ2) is 7.31. The van der Waals surface area contributed by atoms with Crippen LogP contribution in [0.3, 0.4) is 0 Å². The monoisotopic (exact) mass is 365 g/mol. The van der Waals surface area contributed by atoms with Gasteiger partial charge >= 0.3 is 0 Å². The lowest BCUT2D eigenvalue weighted by molar-refractivity contribution is -0.127. The number of hydrogen-bond donors (Lipinski definition) is 1. The maximum atomic E-state index is 12.5. The van der Waals surface area contributed by atoms with E-state index in [9.17, 15) is 9.59 Å². The molecule has 0 aliphatic carbocycles. The van der Waals surface area contributed by atoms with Gasteiger partial charge in [-0.25, -0.2) is 0 Å². The van der Waals surface area contributed by atoms with Gasteiger partial charge in [0, 0.05) is 24.5 Å². The minimum absolute atomic E-state index is 0.0442. The quantitative estimate of drug-likeness (QED) is 0.905. The van der Waals surface area contributed by atoms with Crippen LogP contribution in [-0.4, -0.2) is 37.6 Å². The zero-order chi connectivity index (χ0) is 18.8. The molecule has 6 nitrogen and oxygen atoms in total. The van der Waals surface area contributed by atoms with Gasteiger partial charge in [-0.15, -0.1) is 0 Å². The lowest BCUT2D eigenvalue weighted by atomic mass is 10.2. The Hall–Kier alpha value is -3.02. The van der Waals surface area contributed by atoms with E-state index in [2.05, 4.69) is 10.2 Å². The molecule has 0 bridgehead atoms. The van der Waals surface area contributed by atoms with Crippen LogP contribution in [0.15, 0.2) is 48.5 Å². The van der Waals surface area contributed by atoms with Crippen LogP contribution in [0.4, 0.5) is 17.1 Å². The molecule has 2 aliphatic rings. The maximum Gasteiger partial charge on any atom is 0.268 e. The van der Waals surface area contributed by atoms with Gasteiger partial charge in [-0.05, 0) is 56.2 Å². The average molecular weight is 365 g/mol. The van der Waals surface area contributed by atoms with Crippen LogP contribution in [0.2, 0.25) is 0 Å². The van der Waals surface area contributed by atoms with E-state index in [0.29, 0.717) is 11.4 Å². The maximum absolute atomic E-state index is 12.5. The number of anilines is 3. The molecule has 27 heavy (non-hydrogen) atoms. The molecule has 2 amide bonds. The molecule has 0 aromatic heterocycles. The number of ether oxygens (including phenoxy) is 1. The predicted molar refractivity (Wildman–Crippen MR) is 105 cm³/mol. The summed E-state index contributed by atoms with van der Waals surface area (Å²) in [6.45, 7) is 3.82. The van der Waals surface area contributed by atoms with E-state index in [0.717, 1.165) is 18.8 Å². The largest absolute Gasteiger partial charge is 0.479 e. The van der Waals surface area contributed by atoms with Crippen molar-refractivity contribution in [2.24, 2.45) is 0 Å². The fraction of sp³-hybridized carbons (Fsp3) is 0.333. The van der Waals surface area contributed by atoms with Gasteiger partial charge < -0.3 is 15.0 Å². The zero-order valence-corrected chi connectivity index (χ0v) is 15.4. The van der Waals surface area contributed by atoms with Gasteiger partial charge in [0.1, 0.15) is 12.3 Å². The molecule has 2 aromatic rings. The highest BCUT2D eigenvalue weighted by atomic mass is 16.5. The topological polar surface area (TPSA) is 61.9 Å². The standard InChI is InChI=1S/C21H23N3O3/c1-15-21(26)24(18-6-2-3-7-19(18)27-15)14-20(25)22-16-8-10-17(11-9-16)23-12-4-5-13-23/h2-3,6-11,15H,4-5,12-14H2,1H3,(H,22,25). The summed E-state index contributed by atoms with van der Waals surface area (Å²) < 4.78 is 5.61. The number of nitrogens with zero attached hydrogens (tertiary/aromatic N) is 2. The molecule has 1 atom stereocenters. The molecular weight excluding hydrogens is 342 g/mol. The van der Waals surface area contributed by atoms with Gasteiger partial charge in [-0.3, -0.25) is 14.5 Å². The summed E-state index contributed by atoms with van der Waals surface area (Å²) in [7, 11) is 0. The summed E-state index contributed by atoms with van der Waals surface area (Å²) in [6, 6.07) is 15.1. The summed E-state index contributed by atoms with van der Waals surface area (Å²) in [6.07, 6.45) is 1.85. The number of carbonyl (C=O) groups excluding carboxylic acids is 2. The van der Waals surface area contributed by atoms with E-state index in [1.165, 1.54) is 23.4 Å². The van der Waals surface area contributed by atoms with Gasteiger partial charge in [0.05, 0.1) is 5.69 Å². The molecule has 4 rings (SSSR count). The Balaban J connectivity index is 1.44. The molecule has 1 fully saturated rings. The van der Waals surface area contributed by atoms with E-state index in [-0.39, 0.29) is 18.4 Å². The first-order valence-corrected chi connectivity index (χ1v) is 9.34. The lowest BCUT2D eigenvalue weighted by Gasteiger charge is -2.32. The van der Waals surface area contributed by atoms with Gasteiger partial charge in [-0.2, -0.15) is 0 Å². The molecule has 2 aromatic carbocycles. The number of benzene rings is 2. The number of para-hydroxylation sites is 2. The van der Waals surface area contributed by atoms with Crippen LogP contribution in [-0.2, 0) is 9.59 Å². The fourth-order valence-corrected chi connectivity index (χ4v) is 3.60. The predicted octanol–water partition coefficient (Wildman–Crippen LogP) is 3.04. The molecule has 0 saturated carbocycles. The molecule has 1 saturated heterocycles. The number of amides is 2. The minimum Gasteiger partial charge on any atom is -0.479 e. The minimum atomic E-state index is -0.604. The van der Waals surface area contributed by atoms with Gasteiger partial charge in [-0.1, -0.05) is 12.1 Å². The van der Waals surface area contributed by atoms with E-state index < -0.39 is 6.10 Å². The highest BCUT2D eigenvalue weighted by Gasteiger charge is 2.32. The molecule has 1 unspecified atom stereocenters. The Bertz CT molecular complexity index is 844. The first-order valence-electron chi connectivity index (χ1n) is 9.34. The SMILES string of the molecule is CC1Oc2ccccc2N(CC(=O)Nc2ccc(N3CCCC3)cc2)C1=O. The Morgan fingerprint density at radius 1 is 1.11 bits per heavy atom. The van der Waals surface area contributed by atoms with Crippen molar-refractivity contribution in [2.75, 3.05) is 34.8 Å². The van der Waals surface area contributed by atoms with E-state index in [4.69, 9.17) is 4.74 Å². The van der Waals surface area contributed by atoms with E-state index >= 15 is 0 Å². The Morgan fingerprint density at radius 2 is 1.81 bits per heavy atom. The van der Waals surface area contributed by atoms with Crippen LogP contribution in [0, 0.1) is 0 Å². The summed E-state index contributed by atoms with van der Waals surface area (Å²) in [5.41, 5.74) is 2.53. The lowest BCUT2D eigenvalue weighted by Crippen LogP contribution is -2.47. The number of nitrogens with one attached hydrogen (secondary N) is 1. The molecule has 0 spiro atoms. The molecule has 140 valence electrons. The van der Waals surface area contributed by atoms with Crippen molar-refractivity contribution in [3.05, 3.63) is 48.5 Å². The van der Waals surface area contributed by atoms with Crippen LogP contribution < -0.4 is 19.9 Å². The van der Waals surface area contributed by atoms with Crippen molar-refractivity contribution in [1.29, 1.82) is 0 Å². The summed E-state index contributed by atoms with van der Waals surface area (Å²) >= 11 is 0. The van der Waals surface area contributed by atoms with Crippen LogP contribution in [0.1, 0.15) is 19.8 Å². The van der Waals surface area contributed by atoms with Crippen LogP contribution in [0.25, 0.3) is 0 Å². The average Bonchev–Trinajstić information content (AvgIpc) is 3.21. The molecule has 2 heterocycles. The Kier molecular flexibility index (Phi) is 4.71. The summed E-state index contributed by atoms with van der Waals surface area (Å²) in [5, 5.41) is 2.88. The third-order valence-corrected chi connectivity index (χ3v) is 5.00. The van der Waals surface area contributed by atoms with E-state index in [1.54, 1.807) is 19.1 Å². The normalized spacial score (nSPS) is 18.9. The summed E-state index contributed by atoms with van der Waals surface area (Å²) in [5.74, 6) is 0.168. The highest BCUT2D eigenvalue weighted by molar-refractivity contribution is 6.06. The van der Waals surface area contributed by atoms with Crippen molar-refractivity contribution in [3.8, 4) is 5.75 Å².